The van der Waals surface area contributed by atoms with Gasteiger partial charge in [0.25, 0.3) is 0 Å². The van der Waals surface area contributed by atoms with E-state index in [0.717, 1.165) is 23.2 Å². The Morgan fingerprint density at radius 1 is 1.10 bits per heavy atom. The van der Waals surface area contributed by atoms with E-state index < -0.39 is 0 Å². The lowest BCUT2D eigenvalue weighted by Crippen LogP contribution is -2.14. The molecule has 2 heteroatoms. The molecule has 1 atom stereocenters. The van der Waals surface area contributed by atoms with E-state index in [9.17, 15) is 4.79 Å². The van der Waals surface area contributed by atoms with Gasteiger partial charge in [0.2, 0.25) is 5.91 Å². The molecular weight excluding hydrogens is 258 g/mol. The predicted molar refractivity (Wildman–Crippen MR) is 86.8 cm³/mol. The molecule has 1 N–H and O–H groups in total. The van der Waals surface area contributed by atoms with Crippen LogP contribution in [-0.2, 0) is 11.2 Å². The molecule has 0 aliphatic carbocycles. The Kier molecular flexibility index (Phi) is 3.54. The quantitative estimate of drug-likeness (QED) is 0.886. The normalized spacial score (nSPS) is 17.0. The molecule has 2 nitrogen and oxygen atoms in total. The average molecular weight is 279 g/mol. The zero-order valence-corrected chi connectivity index (χ0v) is 12.8. The average Bonchev–Trinajstić information content (AvgIpc) is 2.78. The number of amides is 1. The summed E-state index contributed by atoms with van der Waals surface area (Å²) in [4.78, 5) is 12.3. The summed E-state index contributed by atoms with van der Waals surface area (Å²) in [6, 6.07) is 14.8. The number of para-hydroxylation sites is 1. The second-order valence-corrected chi connectivity index (χ2v) is 6.18. The second kappa shape index (κ2) is 5.36. The van der Waals surface area contributed by atoms with E-state index in [2.05, 4.69) is 49.5 Å². The molecule has 1 heterocycles. The molecule has 0 radical (unpaired) electrons. The van der Waals surface area contributed by atoms with Gasteiger partial charge in [-0.15, -0.1) is 0 Å². The molecule has 21 heavy (non-hydrogen) atoms. The van der Waals surface area contributed by atoms with Crippen molar-refractivity contribution in [1.82, 2.24) is 0 Å². The molecule has 0 spiro atoms. The highest BCUT2D eigenvalue weighted by Gasteiger charge is 2.31. The predicted octanol–water partition coefficient (Wildman–Crippen LogP) is 4.40. The third kappa shape index (κ3) is 2.58. The van der Waals surface area contributed by atoms with Crippen LogP contribution in [0.2, 0.25) is 0 Å². The third-order valence-electron chi connectivity index (χ3n) is 4.33. The van der Waals surface area contributed by atoms with Crippen LogP contribution in [0.1, 0.15) is 47.9 Å². The largest absolute Gasteiger partial charge is 0.325 e. The molecule has 2 aromatic carbocycles. The molecule has 1 aliphatic heterocycles. The summed E-state index contributed by atoms with van der Waals surface area (Å²) in [5.41, 5.74) is 5.83. The Bertz CT molecular complexity index is 670. The van der Waals surface area contributed by atoms with Gasteiger partial charge in [0, 0.05) is 5.69 Å². The highest BCUT2D eigenvalue weighted by Crippen LogP contribution is 2.36. The lowest BCUT2D eigenvalue weighted by molar-refractivity contribution is -0.117. The van der Waals surface area contributed by atoms with Crippen molar-refractivity contribution >= 4 is 11.6 Å². The van der Waals surface area contributed by atoms with Gasteiger partial charge in [-0.05, 0) is 41.5 Å². The van der Waals surface area contributed by atoms with Gasteiger partial charge < -0.3 is 5.32 Å². The minimum atomic E-state index is -0.0650. The number of hydrogen-bond acceptors (Lipinski definition) is 1. The molecule has 1 unspecified atom stereocenters. The third-order valence-corrected chi connectivity index (χ3v) is 4.33. The molecule has 0 fully saturated rings. The fourth-order valence-corrected chi connectivity index (χ4v) is 2.98. The first-order valence-electron chi connectivity index (χ1n) is 7.55. The van der Waals surface area contributed by atoms with Crippen LogP contribution >= 0.6 is 0 Å². The molecular formula is C19H21NO. The summed E-state index contributed by atoms with van der Waals surface area (Å²) in [5.74, 6) is 0.592. The fourth-order valence-electron chi connectivity index (χ4n) is 2.98. The molecule has 108 valence electrons. The molecule has 3 rings (SSSR count). The van der Waals surface area contributed by atoms with Gasteiger partial charge in [-0.25, -0.2) is 0 Å². The van der Waals surface area contributed by atoms with Crippen molar-refractivity contribution in [1.29, 1.82) is 0 Å². The number of fused-ring (bicyclic) bond motifs is 1. The zero-order chi connectivity index (χ0) is 15.0. The molecule has 0 aromatic heterocycles. The van der Waals surface area contributed by atoms with Crippen molar-refractivity contribution in [2.75, 3.05) is 5.32 Å². The highest BCUT2D eigenvalue weighted by atomic mass is 16.2. The summed E-state index contributed by atoms with van der Waals surface area (Å²) in [7, 11) is 0. The van der Waals surface area contributed by atoms with Crippen molar-refractivity contribution in [3.05, 3.63) is 64.7 Å². The smallest absolute Gasteiger partial charge is 0.232 e. The molecule has 1 amide bonds. The van der Waals surface area contributed by atoms with E-state index in [4.69, 9.17) is 0 Å². The van der Waals surface area contributed by atoms with E-state index in [-0.39, 0.29) is 11.8 Å². The number of hydrogen-bond donors (Lipinski definition) is 1. The highest BCUT2D eigenvalue weighted by molar-refractivity contribution is 6.03. The number of benzene rings is 2. The van der Waals surface area contributed by atoms with Crippen LogP contribution in [0, 0.1) is 6.92 Å². The standard InChI is InChI=1S/C19H21NO/c1-12(2)15-9-7-14(8-10-15)11-17-16-6-4-5-13(3)18(16)20-19(17)21/h4-10,12,17H,11H2,1-3H3,(H,20,21). The number of rotatable bonds is 3. The molecule has 2 aromatic rings. The van der Waals surface area contributed by atoms with Crippen molar-refractivity contribution in [3.63, 3.8) is 0 Å². The van der Waals surface area contributed by atoms with E-state index in [1.54, 1.807) is 0 Å². The van der Waals surface area contributed by atoms with E-state index >= 15 is 0 Å². The topological polar surface area (TPSA) is 29.1 Å². The van der Waals surface area contributed by atoms with E-state index in [1.165, 1.54) is 11.1 Å². The zero-order valence-electron chi connectivity index (χ0n) is 12.8. The number of nitrogens with one attached hydrogen (secondary N) is 1. The van der Waals surface area contributed by atoms with Gasteiger partial charge in [0.1, 0.15) is 0 Å². The minimum Gasteiger partial charge on any atom is -0.325 e. The van der Waals surface area contributed by atoms with E-state index in [0.29, 0.717) is 5.92 Å². The Labute approximate surface area is 126 Å². The summed E-state index contributed by atoms with van der Waals surface area (Å²) in [6.45, 7) is 6.43. The monoisotopic (exact) mass is 279 g/mol. The number of carbonyl (C=O) groups excluding carboxylic acids is 1. The summed E-state index contributed by atoms with van der Waals surface area (Å²) < 4.78 is 0. The summed E-state index contributed by atoms with van der Waals surface area (Å²) >= 11 is 0. The molecule has 0 saturated carbocycles. The van der Waals surface area contributed by atoms with Crippen molar-refractivity contribution in [2.24, 2.45) is 0 Å². The van der Waals surface area contributed by atoms with Gasteiger partial charge in [0.05, 0.1) is 5.92 Å². The lowest BCUT2D eigenvalue weighted by atomic mass is 9.91. The first kappa shape index (κ1) is 13.9. The number of anilines is 1. The SMILES string of the molecule is Cc1cccc2c1NC(=O)C2Cc1ccc(C(C)C)cc1. The van der Waals surface area contributed by atoms with Crippen molar-refractivity contribution in [3.8, 4) is 0 Å². The first-order valence-corrected chi connectivity index (χ1v) is 7.55. The van der Waals surface area contributed by atoms with Crippen LogP contribution in [0.15, 0.2) is 42.5 Å². The molecule has 0 bridgehead atoms. The minimum absolute atomic E-state index is 0.0650. The van der Waals surface area contributed by atoms with Gasteiger partial charge >= 0.3 is 0 Å². The van der Waals surface area contributed by atoms with Gasteiger partial charge in [0.15, 0.2) is 0 Å². The summed E-state index contributed by atoms with van der Waals surface area (Å²) in [6.07, 6.45) is 0.765. The fraction of sp³-hybridized carbons (Fsp3) is 0.316. The van der Waals surface area contributed by atoms with Gasteiger partial charge in [-0.3, -0.25) is 4.79 Å². The van der Waals surface area contributed by atoms with Crippen molar-refractivity contribution in [2.45, 2.75) is 39.0 Å². The van der Waals surface area contributed by atoms with Gasteiger partial charge in [-0.2, -0.15) is 0 Å². The molecule has 0 saturated heterocycles. The van der Waals surface area contributed by atoms with Crippen LogP contribution < -0.4 is 5.32 Å². The van der Waals surface area contributed by atoms with Crippen LogP contribution in [0.3, 0.4) is 0 Å². The molecule has 1 aliphatic rings. The Hall–Kier alpha value is -2.09. The number of aryl methyl sites for hydroxylation is 1. The maximum Gasteiger partial charge on any atom is 0.232 e. The summed E-state index contributed by atoms with van der Waals surface area (Å²) in [5, 5.41) is 3.03. The van der Waals surface area contributed by atoms with Crippen LogP contribution in [0.4, 0.5) is 5.69 Å². The maximum absolute atomic E-state index is 12.3. The lowest BCUT2D eigenvalue weighted by Gasteiger charge is -2.11. The Morgan fingerprint density at radius 2 is 1.81 bits per heavy atom. The van der Waals surface area contributed by atoms with Gasteiger partial charge in [-0.1, -0.05) is 56.3 Å². The first-order chi connectivity index (χ1) is 10.1. The Balaban J connectivity index is 1.86. The second-order valence-electron chi connectivity index (χ2n) is 6.18. The van der Waals surface area contributed by atoms with Crippen LogP contribution in [0.25, 0.3) is 0 Å². The van der Waals surface area contributed by atoms with Crippen molar-refractivity contribution < 1.29 is 4.79 Å². The number of carbonyl (C=O) groups is 1. The van der Waals surface area contributed by atoms with Crippen LogP contribution in [0.5, 0.6) is 0 Å². The maximum atomic E-state index is 12.3. The van der Waals surface area contributed by atoms with Crippen LogP contribution in [-0.4, -0.2) is 5.91 Å². The van der Waals surface area contributed by atoms with E-state index in [1.807, 2.05) is 19.1 Å². The Morgan fingerprint density at radius 3 is 2.48 bits per heavy atom.